The smallest absolute Gasteiger partial charge is 0.235 e. The fourth-order valence-corrected chi connectivity index (χ4v) is 4.57. The number of aromatic hydroxyl groups is 2. The Morgan fingerprint density at radius 3 is 2.61 bits per heavy atom. The first-order valence-corrected chi connectivity index (χ1v) is 9.80. The zero-order valence-electron chi connectivity index (χ0n) is 16.6. The predicted molar refractivity (Wildman–Crippen MR) is 114 cm³/mol. The highest BCUT2D eigenvalue weighted by Crippen LogP contribution is 2.51. The van der Waals surface area contributed by atoms with Crippen molar-refractivity contribution in [3.05, 3.63) is 94.8 Å². The number of nitrogens with zero attached hydrogens (tertiary/aromatic N) is 2. The van der Waals surface area contributed by atoms with Gasteiger partial charge in [0.2, 0.25) is 5.78 Å². The van der Waals surface area contributed by atoms with Crippen molar-refractivity contribution in [1.29, 1.82) is 5.26 Å². The third-order valence-corrected chi connectivity index (χ3v) is 5.88. The molecular formula is C25H18N2O4. The summed E-state index contributed by atoms with van der Waals surface area (Å²) in [5.41, 5.74) is 3.34. The zero-order chi connectivity index (χ0) is 21.7. The van der Waals surface area contributed by atoms with Crippen LogP contribution in [0.4, 0.5) is 5.69 Å². The number of allylic oxidation sites excluding steroid dienone is 1. The lowest BCUT2D eigenvalue weighted by molar-refractivity contribution is 0.101. The van der Waals surface area contributed by atoms with E-state index >= 15 is 0 Å². The van der Waals surface area contributed by atoms with Gasteiger partial charge < -0.3 is 19.8 Å². The number of ether oxygens (including phenoxy) is 1. The number of benzene rings is 3. The van der Waals surface area contributed by atoms with E-state index in [1.165, 1.54) is 6.07 Å². The molecule has 6 nitrogen and oxygen atoms in total. The number of ketones is 1. The van der Waals surface area contributed by atoms with Crippen LogP contribution in [0.25, 0.3) is 0 Å². The number of hydrogen-bond donors (Lipinski definition) is 2. The van der Waals surface area contributed by atoms with E-state index in [-0.39, 0.29) is 40.5 Å². The number of rotatable bonds is 2. The molecule has 0 amide bonds. The van der Waals surface area contributed by atoms with Crippen molar-refractivity contribution in [1.82, 2.24) is 0 Å². The molecule has 2 aliphatic heterocycles. The van der Waals surface area contributed by atoms with Crippen LogP contribution in [0.1, 0.15) is 39.0 Å². The molecule has 0 aromatic heterocycles. The summed E-state index contributed by atoms with van der Waals surface area (Å²) in [7, 11) is 1.96. The maximum absolute atomic E-state index is 13.0. The SMILES string of the molecule is CN1c2cccc(C#N)c2C(/C=C2\Oc3cc(O)cc(O)c3C2=O)C1c1ccccc1. The average molecular weight is 410 g/mol. The van der Waals surface area contributed by atoms with E-state index in [9.17, 15) is 20.3 Å². The maximum Gasteiger partial charge on any atom is 0.235 e. The molecule has 2 aliphatic rings. The number of anilines is 1. The van der Waals surface area contributed by atoms with E-state index in [0.717, 1.165) is 22.9 Å². The van der Waals surface area contributed by atoms with Gasteiger partial charge in [0.1, 0.15) is 22.8 Å². The molecule has 0 saturated heterocycles. The standard InChI is InChI=1S/C25H18N2O4/c1-27-18-9-5-8-15(13-26)22(18)17(24(27)14-6-3-2-4-7-14)12-21-25(30)23-19(29)10-16(28)11-20(23)31-21/h2-12,17,24,28-29H,1H3/b21-12-. The van der Waals surface area contributed by atoms with Crippen LogP contribution in [0.5, 0.6) is 17.2 Å². The lowest BCUT2D eigenvalue weighted by Gasteiger charge is -2.26. The third-order valence-electron chi connectivity index (χ3n) is 5.88. The highest BCUT2D eigenvalue weighted by molar-refractivity contribution is 6.14. The molecule has 3 aromatic carbocycles. The maximum atomic E-state index is 13.0. The molecule has 2 atom stereocenters. The fraction of sp³-hybridized carbons (Fsp3) is 0.120. The second-order valence-corrected chi connectivity index (χ2v) is 7.64. The summed E-state index contributed by atoms with van der Waals surface area (Å²) < 4.78 is 5.74. The van der Waals surface area contributed by atoms with E-state index in [2.05, 4.69) is 11.0 Å². The van der Waals surface area contributed by atoms with Crippen LogP contribution >= 0.6 is 0 Å². The topological polar surface area (TPSA) is 93.8 Å². The van der Waals surface area contributed by atoms with Crippen LogP contribution in [0.15, 0.2) is 72.5 Å². The normalized spacial score (nSPS) is 20.3. The highest BCUT2D eigenvalue weighted by Gasteiger charge is 2.40. The number of likely N-dealkylation sites (N-methyl/N-ethyl adjacent to an activating group) is 1. The number of hydrogen-bond acceptors (Lipinski definition) is 6. The molecule has 3 aromatic rings. The molecule has 6 heteroatoms. The Morgan fingerprint density at radius 1 is 1.10 bits per heavy atom. The van der Waals surface area contributed by atoms with Gasteiger partial charge in [-0.15, -0.1) is 0 Å². The molecule has 0 radical (unpaired) electrons. The first kappa shape index (κ1) is 18.8. The molecule has 0 spiro atoms. The Balaban J connectivity index is 1.67. The summed E-state index contributed by atoms with van der Waals surface area (Å²) in [6, 6.07) is 20.0. The Morgan fingerprint density at radius 2 is 1.87 bits per heavy atom. The first-order valence-electron chi connectivity index (χ1n) is 9.80. The second-order valence-electron chi connectivity index (χ2n) is 7.64. The molecule has 5 rings (SSSR count). The van der Waals surface area contributed by atoms with Crippen LogP contribution in [0.2, 0.25) is 0 Å². The minimum atomic E-state index is -0.454. The quantitative estimate of drug-likeness (QED) is 0.608. The summed E-state index contributed by atoms with van der Waals surface area (Å²) >= 11 is 0. The van der Waals surface area contributed by atoms with Crippen molar-refractivity contribution in [2.45, 2.75) is 12.0 Å². The van der Waals surface area contributed by atoms with E-state index in [0.29, 0.717) is 5.56 Å². The van der Waals surface area contributed by atoms with Crippen molar-refractivity contribution in [3.63, 3.8) is 0 Å². The van der Waals surface area contributed by atoms with Crippen LogP contribution in [0, 0.1) is 11.3 Å². The molecule has 2 heterocycles. The van der Waals surface area contributed by atoms with Crippen molar-refractivity contribution in [2.75, 3.05) is 11.9 Å². The van der Waals surface area contributed by atoms with Gasteiger partial charge in [0.25, 0.3) is 0 Å². The Labute approximate surface area is 178 Å². The van der Waals surface area contributed by atoms with Gasteiger partial charge in [-0.25, -0.2) is 0 Å². The Hall–Kier alpha value is -4.24. The van der Waals surface area contributed by atoms with Gasteiger partial charge in [-0.3, -0.25) is 4.79 Å². The molecule has 2 unspecified atom stereocenters. The first-order chi connectivity index (χ1) is 15.0. The molecule has 0 bridgehead atoms. The van der Waals surface area contributed by atoms with Crippen molar-refractivity contribution < 1.29 is 19.7 Å². The van der Waals surface area contributed by atoms with Gasteiger partial charge in [0.05, 0.1) is 17.7 Å². The largest absolute Gasteiger partial charge is 0.508 e. The number of carbonyl (C=O) groups excluding carboxylic acids is 1. The Kier molecular flexibility index (Phi) is 4.19. The third kappa shape index (κ3) is 2.82. The van der Waals surface area contributed by atoms with Gasteiger partial charge >= 0.3 is 0 Å². The van der Waals surface area contributed by atoms with Crippen molar-refractivity contribution in [2.24, 2.45) is 0 Å². The summed E-state index contributed by atoms with van der Waals surface area (Å²) in [5, 5.41) is 29.6. The number of phenolic OH excluding ortho intramolecular Hbond substituents is 2. The molecule has 31 heavy (non-hydrogen) atoms. The van der Waals surface area contributed by atoms with Gasteiger partial charge in [-0.05, 0) is 23.8 Å². The van der Waals surface area contributed by atoms with Crippen LogP contribution in [0.3, 0.4) is 0 Å². The van der Waals surface area contributed by atoms with Gasteiger partial charge in [0.15, 0.2) is 5.76 Å². The van der Waals surface area contributed by atoms with E-state index in [1.807, 2.05) is 49.5 Å². The minimum Gasteiger partial charge on any atom is -0.508 e. The molecule has 0 fully saturated rings. The second kappa shape index (κ2) is 6.92. The summed E-state index contributed by atoms with van der Waals surface area (Å²) in [6.07, 6.45) is 1.72. The molecule has 2 N–H and O–H groups in total. The minimum absolute atomic E-state index is 0.0282. The fourth-order valence-electron chi connectivity index (χ4n) is 4.57. The summed E-state index contributed by atoms with van der Waals surface area (Å²) in [5.74, 6) is -1.12. The zero-order valence-corrected chi connectivity index (χ0v) is 16.6. The number of nitriles is 1. The van der Waals surface area contributed by atoms with E-state index in [4.69, 9.17) is 4.74 Å². The molecule has 152 valence electrons. The lowest BCUT2D eigenvalue weighted by Crippen LogP contribution is -2.22. The monoisotopic (exact) mass is 410 g/mol. The van der Waals surface area contributed by atoms with Gasteiger partial charge in [-0.1, -0.05) is 36.4 Å². The highest BCUT2D eigenvalue weighted by atomic mass is 16.5. The number of Topliss-reactive ketones (excluding diaryl/α,β-unsaturated/α-hetero) is 1. The Bertz CT molecular complexity index is 1290. The number of carbonyl (C=O) groups is 1. The number of phenols is 2. The van der Waals surface area contributed by atoms with Crippen LogP contribution in [-0.4, -0.2) is 23.0 Å². The van der Waals surface area contributed by atoms with Gasteiger partial charge in [-0.2, -0.15) is 5.26 Å². The van der Waals surface area contributed by atoms with E-state index in [1.54, 1.807) is 12.1 Å². The lowest BCUT2D eigenvalue weighted by atomic mass is 9.87. The van der Waals surface area contributed by atoms with Crippen molar-refractivity contribution in [3.8, 4) is 23.3 Å². The van der Waals surface area contributed by atoms with Gasteiger partial charge in [0, 0.05) is 36.3 Å². The van der Waals surface area contributed by atoms with Crippen molar-refractivity contribution >= 4 is 11.5 Å². The summed E-state index contributed by atoms with van der Waals surface area (Å²) in [4.78, 5) is 15.1. The van der Waals surface area contributed by atoms with Crippen LogP contribution < -0.4 is 9.64 Å². The average Bonchev–Trinajstić information content (AvgIpc) is 3.23. The molecule has 0 saturated carbocycles. The molecular weight excluding hydrogens is 392 g/mol. The van der Waals surface area contributed by atoms with Crippen LogP contribution in [-0.2, 0) is 0 Å². The summed E-state index contributed by atoms with van der Waals surface area (Å²) in [6.45, 7) is 0. The van der Waals surface area contributed by atoms with E-state index < -0.39 is 5.78 Å². The number of fused-ring (bicyclic) bond motifs is 2. The molecule has 0 aliphatic carbocycles. The predicted octanol–water partition coefficient (Wildman–Crippen LogP) is 4.40.